The second-order valence-corrected chi connectivity index (χ2v) is 8.11. The van der Waals surface area contributed by atoms with E-state index in [2.05, 4.69) is 57.4 Å². The van der Waals surface area contributed by atoms with Crippen molar-refractivity contribution in [2.45, 2.75) is 0 Å². The SMILES string of the molecule is O=P(O)(O)OP(=O)(O)Oc1ccc(O)cc1.c1ccc(-c2ccccc2)cc1. The Morgan fingerprint density at radius 2 is 1.07 bits per heavy atom. The summed E-state index contributed by atoms with van der Waals surface area (Å²) in [6.45, 7) is 0. The van der Waals surface area contributed by atoms with Crippen molar-refractivity contribution in [1.29, 1.82) is 0 Å². The molecule has 4 N–H and O–H groups in total. The van der Waals surface area contributed by atoms with E-state index >= 15 is 0 Å². The Hall–Kier alpha value is -2.44. The lowest BCUT2D eigenvalue weighted by atomic mass is 10.1. The Bertz CT molecular complexity index is 918. The van der Waals surface area contributed by atoms with E-state index in [4.69, 9.17) is 19.8 Å². The van der Waals surface area contributed by atoms with Gasteiger partial charge in [-0.25, -0.2) is 9.13 Å². The molecule has 0 radical (unpaired) electrons. The Kier molecular flexibility index (Phi) is 7.54. The fraction of sp³-hybridized carbons (Fsp3) is 0. The molecule has 148 valence electrons. The van der Waals surface area contributed by atoms with Gasteiger partial charge in [0.2, 0.25) is 0 Å². The van der Waals surface area contributed by atoms with Gasteiger partial charge in [-0.2, -0.15) is 4.31 Å². The molecule has 0 aliphatic rings. The van der Waals surface area contributed by atoms with Gasteiger partial charge in [0.25, 0.3) is 0 Å². The summed E-state index contributed by atoms with van der Waals surface area (Å²) in [4.78, 5) is 25.6. The van der Waals surface area contributed by atoms with Crippen LogP contribution in [-0.4, -0.2) is 19.8 Å². The molecule has 3 aromatic carbocycles. The lowest BCUT2D eigenvalue weighted by Crippen LogP contribution is -1.95. The van der Waals surface area contributed by atoms with Crippen LogP contribution in [0.25, 0.3) is 11.1 Å². The van der Waals surface area contributed by atoms with E-state index in [0.717, 1.165) is 24.3 Å². The molecule has 1 unspecified atom stereocenters. The van der Waals surface area contributed by atoms with Gasteiger partial charge >= 0.3 is 15.6 Å². The van der Waals surface area contributed by atoms with Gasteiger partial charge in [0.15, 0.2) is 0 Å². The highest BCUT2D eigenvalue weighted by atomic mass is 31.3. The van der Waals surface area contributed by atoms with Crippen molar-refractivity contribution in [3.63, 3.8) is 0 Å². The quantitative estimate of drug-likeness (QED) is 0.445. The van der Waals surface area contributed by atoms with Crippen molar-refractivity contribution in [2.24, 2.45) is 0 Å². The minimum Gasteiger partial charge on any atom is -0.508 e. The molecule has 3 rings (SSSR count). The molecule has 1 atom stereocenters. The third-order valence-corrected chi connectivity index (χ3v) is 5.27. The molecule has 28 heavy (non-hydrogen) atoms. The van der Waals surface area contributed by atoms with Crippen LogP contribution in [0.1, 0.15) is 0 Å². The lowest BCUT2D eigenvalue weighted by Gasteiger charge is -2.12. The number of benzene rings is 3. The summed E-state index contributed by atoms with van der Waals surface area (Å²) >= 11 is 0. The first-order valence-corrected chi connectivity index (χ1v) is 10.9. The lowest BCUT2D eigenvalue weighted by molar-refractivity contribution is 0.229. The summed E-state index contributed by atoms with van der Waals surface area (Å²) in [5.41, 5.74) is 2.55. The molecule has 0 spiro atoms. The predicted octanol–water partition coefficient (Wildman–Crippen LogP) is 4.33. The van der Waals surface area contributed by atoms with Gasteiger partial charge in [0.1, 0.15) is 11.5 Å². The minimum absolute atomic E-state index is 0.101. The third kappa shape index (κ3) is 8.06. The molecule has 0 amide bonds. The van der Waals surface area contributed by atoms with Crippen molar-refractivity contribution in [1.82, 2.24) is 0 Å². The maximum atomic E-state index is 11.0. The molecule has 0 heterocycles. The van der Waals surface area contributed by atoms with Gasteiger partial charge in [-0.15, -0.1) is 0 Å². The predicted molar refractivity (Wildman–Crippen MR) is 104 cm³/mol. The fourth-order valence-electron chi connectivity index (χ4n) is 2.05. The van der Waals surface area contributed by atoms with Gasteiger partial charge in [-0.1, -0.05) is 60.7 Å². The first kappa shape index (κ1) is 21.9. The summed E-state index contributed by atoms with van der Waals surface area (Å²) in [7, 11) is -10.0. The number of hydrogen-bond donors (Lipinski definition) is 4. The van der Waals surface area contributed by atoms with Crippen molar-refractivity contribution in [2.75, 3.05) is 0 Å². The molecular formula is C18H18O8P2. The molecule has 0 aliphatic carbocycles. The van der Waals surface area contributed by atoms with Crippen molar-refractivity contribution >= 4 is 15.6 Å². The molecular weight excluding hydrogens is 406 g/mol. The van der Waals surface area contributed by atoms with Gasteiger partial charge in [-0.05, 0) is 35.4 Å². The average Bonchev–Trinajstić information content (AvgIpc) is 2.63. The zero-order valence-electron chi connectivity index (χ0n) is 14.4. The Morgan fingerprint density at radius 1 is 0.643 bits per heavy atom. The summed E-state index contributed by atoms with van der Waals surface area (Å²) in [5.74, 6) is -0.284. The van der Waals surface area contributed by atoms with Gasteiger partial charge in [0.05, 0.1) is 0 Å². The smallest absolute Gasteiger partial charge is 0.508 e. The van der Waals surface area contributed by atoms with E-state index in [-0.39, 0.29) is 11.5 Å². The summed E-state index contributed by atoms with van der Waals surface area (Å²) in [6, 6.07) is 25.4. The largest absolute Gasteiger partial charge is 0.536 e. The molecule has 8 nitrogen and oxygen atoms in total. The van der Waals surface area contributed by atoms with E-state index in [1.165, 1.54) is 11.1 Å². The number of phenols is 1. The zero-order chi connectivity index (χ0) is 20.6. The monoisotopic (exact) mass is 424 g/mol. The van der Waals surface area contributed by atoms with Crippen molar-refractivity contribution in [3.8, 4) is 22.6 Å². The van der Waals surface area contributed by atoms with Gasteiger partial charge < -0.3 is 19.4 Å². The Labute approximate surface area is 161 Å². The average molecular weight is 424 g/mol. The molecule has 10 heteroatoms. The first-order chi connectivity index (χ1) is 13.1. The number of hydrogen-bond acceptors (Lipinski definition) is 5. The summed E-state index contributed by atoms with van der Waals surface area (Å²) < 4.78 is 29.2. The van der Waals surface area contributed by atoms with Crippen molar-refractivity contribution < 1.29 is 37.8 Å². The normalized spacial score (nSPS) is 13.0. The van der Waals surface area contributed by atoms with E-state index < -0.39 is 15.6 Å². The van der Waals surface area contributed by atoms with Crippen LogP contribution in [-0.2, 0) is 13.4 Å². The molecule has 0 bridgehead atoms. The minimum atomic E-state index is -5.12. The highest BCUT2D eigenvalue weighted by Gasteiger charge is 2.33. The van der Waals surface area contributed by atoms with Crippen LogP contribution in [0.5, 0.6) is 11.5 Å². The highest BCUT2D eigenvalue weighted by molar-refractivity contribution is 7.60. The number of phosphoric acid groups is 2. The Balaban J connectivity index is 0.000000207. The maximum absolute atomic E-state index is 11.0. The first-order valence-electron chi connectivity index (χ1n) is 7.83. The third-order valence-electron chi connectivity index (χ3n) is 3.15. The van der Waals surface area contributed by atoms with Crippen LogP contribution in [0.3, 0.4) is 0 Å². The van der Waals surface area contributed by atoms with Gasteiger partial charge in [-0.3, -0.25) is 4.89 Å². The van der Waals surface area contributed by atoms with Crippen LogP contribution in [0.4, 0.5) is 0 Å². The number of phenolic OH excluding ortho intramolecular Hbond substituents is 1. The van der Waals surface area contributed by atoms with E-state index in [9.17, 15) is 9.13 Å². The summed E-state index contributed by atoms with van der Waals surface area (Å²) in [6.07, 6.45) is 0. The second-order valence-electron chi connectivity index (χ2n) is 5.36. The number of rotatable bonds is 5. The van der Waals surface area contributed by atoms with Crippen LogP contribution in [0.15, 0.2) is 84.9 Å². The molecule has 0 saturated carbocycles. The van der Waals surface area contributed by atoms with Crippen LogP contribution < -0.4 is 4.52 Å². The second kappa shape index (κ2) is 9.66. The van der Waals surface area contributed by atoms with E-state index in [0.29, 0.717) is 0 Å². The van der Waals surface area contributed by atoms with Crippen molar-refractivity contribution in [3.05, 3.63) is 84.9 Å². The Morgan fingerprint density at radius 3 is 1.46 bits per heavy atom. The highest BCUT2D eigenvalue weighted by Crippen LogP contribution is 2.57. The maximum Gasteiger partial charge on any atom is 0.536 e. The topological polar surface area (TPSA) is 134 Å². The standard InChI is InChI=1S/C12H10.C6H8O8P2/c1-3-7-11(8-4-1)12-9-5-2-6-10-12;7-5-1-3-6(4-2-5)13-16(11,12)14-15(8,9)10/h1-10H;1-4,7H,(H,11,12)(H2,8,9,10). The van der Waals surface area contributed by atoms with Gasteiger partial charge in [0, 0.05) is 0 Å². The number of phosphoric ester groups is 1. The zero-order valence-corrected chi connectivity index (χ0v) is 16.2. The molecule has 0 saturated heterocycles. The van der Waals surface area contributed by atoms with Crippen LogP contribution in [0.2, 0.25) is 0 Å². The number of aromatic hydroxyl groups is 1. The fourth-order valence-corrected chi connectivity index (χ4v) is 3.65. The van der Waals surface area contributed by atoms with Crippen LogP contribution >= 0.6 is 15.6 Å². The molecule has 0 aromatic heterocycles. The van der Waals surface area contributed by atoms with E-state index in [1.807, 2.05) is 12.1 Å². The molecule has 0 fully saturated rings. The molecule has 3 aromatic rings. The van der Waals surface area contributed by atoms with Crippen LogP contribution in [0, 0.1) is 0 Å². The molecule has 0 aliphatic heterocycles. The summed E-state index contributed by atoms with van der Waals surface area (Å²) in [5, 5.41) is 8.90. The van der Waals surface area contributed by atoms with E-state index in [1.54, 1.807) is 0 Å².